The van der Waals surface area contributed by atoms with Crippen LogP contribution < -0.4 is 23.5 Å². The van der Waals surface area contributed by atoms with Crippen LogP contribution in [-0.4, -0.2) is 31.8 Å². The maximum atomic E-state index is 11.4. The van der Waals surface area contributed by atoms with E-state index in [0.717, 1.165) is 18.4 Å². The normalized spacial score (nSPS) is 11.0. The molecule has 0 bridgehead atoms. The maximum absolute atomic E-state index is 11.4. The highest BCUT2D eigenvalue weighted by Gasteiger charge is 2.16. The summed E-state index contributed by atoms with van der Waals surface area (Å²) in [7, 11) is 1.35. The van der Waals surface area contributed by atoms with Gasteiger partial charge in [-0.15, -0.1) is 0 Å². The third-order valence-electron chi connectivity index (χ3n) is 3.00. The number of carbonyl (C=O) groups excluding carboxylic acids is 2. The second-order valence-corrected chi connectivity index (χ2v) is 4.70. The Morgan fingerprint density at radius 2 is 1.91 bits per heavy atom. The van der Waals surface area contributed by atoms with Crippen molar-refractivity contribution in [3.63, 3.8) is 0 Å². The first-order valence-corrected chi connectivity index (χ1v) is 6.99. The van der Waals surface area contributed by atoms with E-state index in [2.05, 4.69) is 15.8 Å². The number of esters is 1. The lowest BCUT2D eigenvalue weighted by Gasteiger charge is -2.08. The van der Waals surface area contributed by atoms with Gasteiger partial charge in [0.2, 0.25) is 0 Å². The standard InChI is InChI=1S/C15H22N2O4.ClH/c1-20-14(18)13(16)9-5-6-10-17-15(19)21-11-12-7-3-2-4-8-12;/h2-4,7-8,13H,5-6,9-11,16H2,1H3,(H,17,19);1H. The number of hydrogen-bond acceptors (Lipinski definition) is 4. The highest BCUT2D eigenvalue weighted by atomic mass is 35.5. The van der Waals surface area contributed by atoms with Crippen LogP contribution >= 0.6 is 0 Å². The van der Waals surface area contributed by atoms with Crippen LogP contribution in [0.25, 0.3) is 0 Å². The highest BCUT2D eigenvalue weighted by molar-refractivity contribution is 5.73. The van der Waals surface area contributed by atoms with E-state index in [4.69, 9.17) is 4.74 Å². The molecule has 0 spiro atoms. The number of hydrogen-bond donors (Lipinski definition) is 2. The van der Waals surface area contributed by atoms with Gasteiger partial charge in [-0.2, -0.15) is 0 Å². The van der Waals surface area contributed by atoms with Crippen LogP contribution in [0.2, 0.25) is 0 Å². The summed E-state index contributed by atoms with van der Waals surface area (Å²) in [5, 5.41) is 2.67. The van der Waals surface area contributed by atoms with Gasteiger partial charge in [0.05, 0.1) is 7.11 Å². The molecule has 0 aliphatic carbocycles. The van der Waals surface area contributed by atoms with Crippen molar-refractivity contribution in [1.82, 2.24) is 5.32 Å². The van der Waals surface area contributed by atoms with Crippen molar-refractivity contribution in [2.75, 3.05) is 13.7 Å². The number of amides is 1. The van der Waals surface area contributed by atoms with E-state index in [1.54, 1.807) is 0 Å². The lowest BCUT2D eigenvalue weighted by Crippen LogP contribution is -3.00. The smallest absolute Gasteiger partial charge is 0.407 e. The van der Waals surface area contributed by atoms with Crippen molar-refractivity contribution in [1.29, 1.82) is 0 Å². The predicted octanol–water partition coefficient (Wildman–Crippen LogP) is -2.13. The monoisotopic (exact) mass is 330 g/mol. The number of halogens is 1. The summed E-state index contributed by atoms with van der Waals surface area (Å²) in [6.07, 6.45) is 1.78. The number of rotatable bonds is 8. The molecule has 0 aliphatic rings. The molecular weight excluding hydrogens is 308 g/mol. The number of unbranched alkanes of at least 4 members (excludes halogenated alkanes) is 1. The fraction of sp³-hybridized carbons (Fsp3) is 0.467. The van der Waals surface area contributed by atoms with E-state index in [-0.39, 0.29) is 31.0 Å². The lowest BCUT2D eigenvalue weighted by atomic mass is 10.1. The van der Waals surface area contributed by atoms with Gasteiger partial charge in [-0.1, -0.05) is 30.3 Å². The lowest BCUT2D eigenvalue weighted by molar-refractivity contribution is -0.409. The van der Waals surface area contributed by atoms with E-state index in [1.165, 1.54) is 7.11 Å². The molecule has 1 unspecified atom stereocenters. The molecule has 0 heterocycles. The third kappa shape index (κ3) is 8.49. The Bertz CT molecular complexity index is 442. The molecule has 0 aliphatic heterocycles. The number of quaternary nitrogens is 1. The predicted molar refractivity (Wildman–Crippen MR) is 77.2 cm³/mol. The van der Waals surface area contributed by atoms with Gasteiger partial charge in [-0.05, 0) is 18.4 Å². The molecule has 1 aromatic carbocycles. The van der Waals surface area contributed by atoms with Crippen molar-refractivity contribution in [3.05, 3.63) is 35.9 Å². The summed E-state index contributed by atoms with van der Waals surface area (Å²) >= 11 is 0. The molecule has 4 N–H and O–H groups in total. The van der Waals surface area contributed by atoms with E-state index in [0.29, 0.717) is 13.0 Å². The van der Waals surface area contributed by atoms with Crippen LogP contribution in [0.5, 0.6) is 0 Å². The molecule has 1 atom stereocenters. The van der Waals surface area contributed by atoms with Crippen molar-refractivity contribution in [2.45, 2.75) is 31.9 Å². The Balaban J connectivity index is 0.00000441. The first-order chi connectivity index (χ1) is 10.1. The number of nitrogens with one attached hydrogen (secondary N) is 1. The molecule has 0 fully saturated rings. The summed E-state index contributed by atoms with van der Waals surface area (Å²) in [6.45, 7) is 0.775. The van der Waals surface area contributed by atoms with Crippen molar-refractivity contribution >= 4 is 12.1 Å². The number of alkyl carbamates (subject to hydrolysis) is 1. The first kappa shape index (κ1) is 20.2. The molecule has 7 heteroatoms. The second-order valence-electron chi connectivity index (χ2n) is 4.70. The average molecular weight is 331 g/mol. The van der Waals surface area contributed by atoms with Crippen LogP contribution in [0.3, 0.4) is 0 Å². The number of ether oxygens (including phenoxy) is 2. The quantitative estimate of drug-likeness (QED) is 0.421. The zero-order chi connectivity index (χ0) is 15.5. The topological polar surface area (TPSA) is 92.3 Å². The number of benzene rings is 1. The Labute approximate surface area is 136 Å². The highest BCUT2D eigenvalue weighted by Crippen LogP contribution is 2.01. The van der Waals surface area contributed by atoms with E-state index in [9.17, 15) is 9.59 Å². The molecule has 0 radical (unpaired) electrons. The minimum absolute atomic E-state index is 0. The molecule has 0 aromatic heterocycles. The average Bonchev–Trinajstić information content (AvgIpc) is 2.52. The van der Waals surface area contributed by atoms with Crippen LogP contribution in [0, 0.1) is 0 Å². The Hall–Kier alpha value is -1.79. The van der Waals surface area contributed by atoms with E-state index in [1.807, 2.05) is 30.3 Å². The van der Waals surface area contributed by atoms with Gasteiger partial charge >= 0.3 is 12.1 Å². The Kier molecular flexibility index (Phi) is 10.9. The minimum atomic E-state index is -0.432. The minimum Gasteiger partial charge on any atom is -1.00 e. The van der Waals surface area contributed by atoms with Gasteiger partial charge in [0.1, 0.15) is 6.61 Å². The largest absolute Gasteiger partial charge is 1.00 e. The molecule has 22 heavy (non-hydrogen) atoms. The van der Waals surface area contributed by atoms with Crippen LogP contribution in [0.1, 0.15) is 24.8 Å². The van der Waals surface area contributed by atoms with E-state index < -0.39 is 6.09 Å². The summed E-state index contributed by atoms with van der Waals surface area (Å²) in [5.41, 5.74) is 4.67. The number of carbonyl (C=O) groups is 2. The molecule has 1 amide bonds. The maximum Gasteiger partial charge on any atom is 0.407 e. The molecule has 6 nitrogen and oxygen atoms in total. The van der Waals surface area contributed by atoms with Gasteiger partial charge in [-0.3, -0.25) is 0 Å². The van der Waals surface area contributed by atoms with Crippen LogP contribution in [0.4, 0.5) is 4.79 Å². The Morgan fingerprint density at radius 3 is 2.55 bits per heavy atom. The van der Waals surface area contributed by atoms with Crippen molar-refractivity contribution in [3.8, 4) is 0 Å². The van der Waals surface area contributed by atoms with Crippen molar-refractivity contribution in [2.24, 2.45) is 0 Å². The molecular formula is C15H23ClN2O4. The van der Waals surface area contributed by atoms with Gasteiger partial charge in [-0.25, -0.2) is 9.59 Å². The van der Waals surface area contributed by atoms with Gasteiger partial charge in [0, 0.05) is 13.0 Å². The molecule has 0 saturated carbocycles. The van der Waals surface area contributed by atoms with Gasteiger partial charge in [0.25, 0.3) is 0 Å². The van der Waals surface area contributed by atoms with E-state index >= 15 is 0 Å². The molecule has 1 aromatic rings. The fourth-order valence-electron chi connectivity index (χ4n) is 1.76. The molecule has 1 rings (SSSR count). The fourth-order valence-corrected chi connectivity index (χ4v) is 1.76. The van der Waals surface area contributed by atoms with Crippen LogP contribution in [0.15, 0.2) is 30.3 Å². The summed E-state index contributed by atoms with van der Waals surface area (Å²) in [6, 6.07) is 9.15. The Morgan fingerprint density at radius 1 is 1.23 bits per heavy atom. The number of methoxy groups -OCH3 is 1. The van der Waals surface area contributed by atoms with Gasteiger partial charge < -0.3 is 32.9 Å². The zero-order valence-electron chi connectivity index (χ0n) is 12.7. The zero-order valence-corrected chi connectivity index (χ0v) is 13.5. The first-order valence-electron chi connectivity index (χ1n) is 6.99. The molecule has 0 saturated heterocycles. The third-order valence-corrected chi connectivity index (χ3v) is 3.00. The SMILES string of the molecule is COC(=O)C([NH3+])CCCCNC(=O)OCc1ccccc1.[Cl-]. The van der Waals surface area contributed by atoms with Gasteiger partial charge in [0.15, 0.2) is 6.04 Å². The van der Waals surface area contributed by atoms with Crippen LogP contribution in [-0.2, 0) is 20.9 Å². The summed E-state index contributed by atoms with van der Waals surface area (Å²) < 4.78 is 9.66. The second kappa shape index (κ2) is 11.8. The summed E-state index contributed by atoms with van der Waals surface area (Å²) in [4.78, 5) is 22.6. The van der Waals surface area contributed by atoms with Crippen molar-refractivity contribution < 1.29 is 37.2 Å². The molecule has 124 valence electrons. The summed E-state index contributed by atoms with van der Waals surface area (Å²) in [5.74, 6) is -0.301.